The van der Waals surface area contributed by atoms with E-state index in [4.69, 9.17) is 4.74 Å². The van der Waals surface area contributed by atoms with Crippen LogP contribution >= 0.6 is 23.5 Å². The van der Waals surface area contributed by atoms with Crippen LogP contribution in [-0.2, 0) is 0 Å². The van der Waals surface area contributed by atoms with Crippen LogP contribution in [0, 0.1) is 0 Å². The number of thioether (sulfide) groups is 2. The molecule has 0 aromatic carbocycles. The van der Waals surface area contributed by atoms with Gasteiger partial charge < -0.3 is 9.84 Å². The third-order valence-electron chi connectivity index (χ3n) is 2.58. The molecule has 2 heterocycles. The number of ether oxygens (including phenoxy) is 1. The van der Waals surface area contributed by atoms with Gasteiger partial charge in [0.25, 0.3) is 0 Å². The lowest BCUT2D eigenvalue weighted by molar-refractivity contribution is 0.179. The van der Waals surface area contributed by atoms with E-state index < -0.39 is 6.10 Å². The van der Waals surface area contributed by atoms with Crippen LogP contribution in [0.2, 0.25) is 0 Å². The molecule has 0 aliphatic carbocycles. The van der Waals surface area contributed by atoms with E-state index in [-0.39, 0.29) is 5.25 Å². The van der Waals surface area contributed by atoms with Crippen LogP contribution in [0.5, 0.6) is 5.75 Å². The molecule has 1 aliphatic rings. The van der Waals surface area contributed by atoms with Gasteiger partial charge in [-0.05, 0) is 13.0 Å². The molecule has 2 atom stereocenters. The third kappa shape index (κ3) is 3.53. The Morgan fingerprint density at radius 1 is 1.53 bits per heavy atom. The molecule has 0 amide bonds. The minimum atomic E-state index is -0.444. The number of rotatable bonds is 4. The summed E-state index contributed by atoms with van der Waals surface area (Å²) in [5, 5.41) is 10.6. The summed E-state index contributed by atoms with van der Waals surface area (Å²) < 4.78 is 5.40. The molecule has 94 valence electrons. The Hall–Kier alpha value is -0.390. The molecule has 1 fully saturated rings. The van der Waals surface area contributed by atoms with Crippen LogP contribution in [-0.4, -0.2) is 39.2 Å². The van der Waals surface area contributed by atoms with Crippen molar-refractivity contribution in [3.8, 4) is 5.75 Å². The van der Waals surface area contributed by atoms with Crippen molar-refractivity contribution in [3.63, 3.8) is 0 Å². The van der Waals surface area contributed by atoms with Crippen molar-refractivity contribution in [2.75, 3.05) is 23.9 Å². The maximum Gasteiger partial charge on any atom is 0.137 e. The van der Waals surface area contributed by atoms with Gasteiger partial charge in [0.05, 0.1) is 18.9 Å². The molecule has 1 saturated heterocycles. The standard InChI is InChI=1S/C12H17NO2S2/c1-2-15-10-5-9(6-13-7-10)12(14)11-8-16-3-4-17-11/h5-7,11-12,14H,2-4,8H2,1H3. The Bertz CT molecular complexity index is 356. The van der Waals surface area contributed by atoms with E-state index in [2.05, 4.69) is 4.98 Å². The summed E-state index contributed by atoms with van der Waals surface area (Å²) in [7, 11) is 0. The first kappa shape index (κ1) is 13.1. The number of aliphatic hydroxyl groups is 1. The number of hydrogen-bond donors (Lipinski definition) is 1. The molecule has 1 aromatic rings. The first-order valence-electron chi connectivity index (χ1n) is 5.76. The second-order valence-corrected chi connectivity index (χ2v) is 6.31. The van der Waals surface area contributed by atoms with Gasteiger partial charge in [0.15, 0.2) is 0 Å². The normalized spacial score (nSPS) is 22.1. The van der Waals surface area contributed by atoms with Crippen LogP contribution in [0.3, 0.4) is 0 Å². The van der Waals surface area contributed by atoms with E-state index in [0.29, 0.717) is 6.61 Å². The van der Waals surface area contributed by atoms with E-state index in [9.17, 15) is 5.11 Å². The molecular formula is C12H17NO2S2. The Morgan fingerprint density at radius 3 is 3.12 bits per heavy atom. The summed E-state index contributed by atoms with van der Waals surface area (Å²) in [5.41, 5.74) is 0.857. The fraction of sp³-hybridized carbons (Fsp3) is 0.583. The summed E-state index contributed by atoms with van der Waals surface area (Å²) in [6, 6.07) is 1.89. The maximum atomic E-state index is 10.3. The predicted molar refractivity (Wildman–Crippen MR) is 73.9 cm³/mol. The molecule has 1 N–H and O–H groups in total. The third-order valence-corrected chi connectivity index (χ3v) is 5.43. The molecule has 3 nitrogen and oxygen atoms in total. The largest absolute Gasteiger partial charge is 0.492 e. The predicted octanol–water partition coefficient (Wildman–Crippen LogP) is 2.36. The van der Waals surface area contributed by atoms with Crippen molar-refractivity contribution in [1.29, 1.82) is 0 Å². The van der Waals surface area contributed by atoms with Gasteiger partial charge >= 0.3 is 0 Å². The average molecular weight is 271 g/mol. The van der Waals surface area contributed by atoms with Gasteiger partial charge in [0.2, 0.25) is 0 Å². The van der Waals surface area contributed by atoms with E-state index in [1.807, 2.05) is 36.5 Å². The van der Waals surface area contributed by atoms with E-state index in [0.717, 1.165) is 22.8 Å². The van der Waals surface area contributed by atoms with Gasteiger partial charge in [-0.2, -0.15) is 23.5 Å². The van der Waals surface area contributed by atoms with E-state index >= 15 is 0 Å². The smallest absolute Gasteiger partial charge is 0.137 e. The van der Waals surface area contributed by atoms with Crippen LogP contribution in [0.4, 0.5) is 0 Å². The number of aromatic nitrogens is 1. The molecule has 1 aliphatic heterocycles. The molecule has 0 bridgehead atoms. The SMILES string of the molecule is CCOc1cncc(C(O)C2CSCCS2)c1. The van der Waals surface area contributed by atoms with Crippen LogP contribution in [0.25, 0.3) is 0 Å². The van der Waals surface area contributed by atoms with Crippen LogP contribution in [0.15, 0.2) is 18.5 Å². The molecule has 0 spiro atoms. The Kier molecular flexibility index (Phi) is 5.00. The highest BCUT2D eigenvalue weighted by atomic mass is 32.2. The first-order valence-corrected chi connectivity index (χ1v) is 7.96. The summed E-state index contributed by atoms with van der Waals surface area (Å²) in [4.78, 5) is 4.12. The Labute approximate surface area is 110 Å². The minimum absolute atomic E-state index is 0.271. The second kappa shape index (κ2) is 6.52. The topological polar surface area (TPSA) is 42.4 Å². The van der Waals surface area contributed by atoms with Crippen molar-refractivity contribution < 1.29 is 9.84 Å². The molecule has 1 aromatic heterocycles. The molecule has 17 heavy (non-hydrogen) atoms. The van der Waals surface area contributed by atoms with Crippen LogP contribution < -0.4 is 4.74 Å². The summed E-state index contributed by atoms with van der Waals surface area (Å²) in [6.45, 7) is 2.56. The highest BCUT2D eigenvalue weighted by Gasteiger charge is 2.24. The highest BCUT2D eigenvalue weighted by molar-refractivity contribution is 8.06. The number of nitrogens with zero attached hydrogens (tertiary/aromatic N) is 1. The first-order chi connectivity index (χ1) is 8.31. The van der Waals surface area contributed by atoms with Crippen LogP contribution in [0.1, 0.15) is 18.6 Å². The zero-order valence-corrected chi connectivity index (χ0v) is 11.5. The van der Waals surface area contributed by atoms with Gasteiger partial charge in [0.1, 0.15) is 5.75 Å². The monoisotopic (exact) mass is 271 g/mol. The summed E-state index contributed by atoms with van der Waals surface area (Å²) in [5.74, 6) is 4.04. The molecular weight excluding hydrogens is 254 g/mol. The van der Waals surface area contributed by atoms with Gasteiger partial charge in [-0.15, -0.1) is 0 Å². The molecule has 5 heteroatoms. The number of aliphatic hydroxyl groups excluding tert-OH is 1. The second-order valence-electron chi connectivity index (χ2n) is 3.82. The van der Waals surface area contributed by atoms with Gasteiger partial charge in [-0.25, -0.2) is 0 Å². The lowest BCUT2D eigenvalue weighted by atomic mass is 10.1. The number of hydrogen-bond acceptors (Lipinski definition) is 5. The lowest BCUT2D eigenvalue weighted by Gasteiger charge is -2.26. The fourth-order valence-electron chi connectivity index (χ4n) is 1.75. The lowest BCUT2D eigenvalue weighted by Crippen LogP contribution is -2.22. The van der Waals surface area contributed by atoms with E-state index in [1.165, 1.54) is 5.75 Å². The number of pyridine rings is 1. The van der Waals surface area contributed by atoms with Gasteiger partial charge in [0, 0.05) is 34.3 Å². The van der Waals surface area contributed by atoms with Gasteiger partial charge in [-0.3, -0.25) is 4.98 Å². The van der Waals surface area contributed by atoms with E-state index in [1.54, 1.807) is 12.4 Å². The fourth-order valence-corrected chi connectivity index (χ4v) is 4.50. The molecule has 0 saturated carbocycles. The zero-order valence-electron chi connectivity index (χ0n) is 9.83. The average Bonchev–Trinajstić information content (AvgIpc) is 2.40. The molecule has 0 radical (unpaired) electrons. The van der Waals surface area contributed by atoms with Crippen molar-refractivity contribution in [1.82, 2.24) is 4.98 Å². The van der Waals surface area contributed by atoms with Gasteiger partial charge in [-0.1, -0.05) is 0 Å². The molecule has 2 unspecified atom stereocenters. The zero-order chi connectivity index (χ0) is 12.1. The minimum Gasteiger partial charge on any atom is -0.492 e. The maximum absolute atomic E-state index is 10.3. The summed E-state index contributed by atoms with van der Waals surface area (Å²) >= 11 is 3.75. The van der Waals surface area contributed by atoms with Crippen molar-refractivity contribution in [2.24, 2.45) is 0 Å². The van der Waals surface area contributed by atoms with Crippen molar-refractivity contribution in [2.45, 2.75) is 18.3 Å². The quantitative estimate of drug-likeness (QED) is 0.910. The summed E-state index contributed by atoms with van der Waals surface area (Å²) in [6.07, 6.45) is 2.97. The van der Waals surface area contributed by atoms with Crippen molar-refractivity contribution in [3.05, 3.63) is 24.0 Å². The Morgan fingerprint density at radius 2 is 2.41 bits per heavy atom. The molecule has 2 rings (SSSR count). The Balaban J connectivity index is 2.06. The van der Waals surface area contributed by atoms with Crippen molar-refractivity contribution >= 4 is 23.5 Å². The highest BCUT2D eigenvalue weighted by Crippen LogP contribution is 2.33.